The van der Waals surface area contributed by atoms with E-state index in [9.17, 15) is 14.7 Å². The smallest absolute Gasteiger partial charge is 0.411 e. The molecule has 6 heteroatoms. The summed E-state index contributed by atoms with van der Waals surface area (Å²) in [4.78, 5) is 25.6. The van der Waals surface area contributed by atoms with E-state index < -0.39 is 23.8 Å². The molecule has 1 fully saturated rings. The fraction of sp³-hybridized carbons (Fsp3) is 0.857. The molecule has 0 bridgehead atoms. The van der Waals surface area contributed by atoms with Crippen LogP contribution < -0.4 is 5.32 Å². The van der Waals surface area contributed by atoms with Gasteiger partial charge >= 0.3 is 6.09 Å². The van der Waals surface area contributed by atoms with Gasteiger partial charge in [0.25, 0.3) is 0 Å². The fourth-order valence-electron chi connectivity index (χ4n) is 2.04. The molecule has 2 atom stereocenters. The lowest BCUT2D eigenvalue weighted by Gasteiger charge is -2.30. The van der Waals surface area contributed by atoms with E-state index in [4.69, 9.17) is 4.74 Å². The van der Waals surface area contributed by atoms with Crippen LogP contribution in [0.2, 0.25) is 0 Å². The molecule has 1 unspecified atom stereocenters. The van der Waals surface area contributed by atoms with Gasteiger partial charge in [0.2, 0.25) is 5.91 Å². The molecule has 116 valence electrons. The molecule has 0 aliphatic carbocycles. The third kappa shape index (κ3) is 5.00. The van der Waals surface area contributed by atoms with Crippen LogP contribution in [0, 0.1) is 0 Å². The van der Waals surface area contributed by atoms with Crippen LogP contribution in [0.4, 0.5) is 4.79 Å². The first-order valence-electron chi connectivity index (χ1n) is 6.89. The van der Waals surface area contributed by atoms with Crippen LogP contribution in [-0.4, -0.2) is 51.8 Å². The minimum Gasteiger partial charge on any atom is -0.444 e. The number of hydrogen-bond acceptors (Lipinski definition) is 4. The number of rotatable bonds is 1. The molecule has 1 aliphatic heterocycles. The number of amides is 2. The van der Waals surface area contributed by atoms with Gasteiger partial charge in [0, 0.05) is 12.0 Å². The molecule has 0 radical (unpaired) electrons. The maximum Gasteiger partial charge on any atom is 0.411 e. The zero-order valence-electron chi connectivity index (χ0n) is 13.2. The Morgan fingerprint density at radius 1 is 1.20 bits per heavy atom. The summed E-state index contributed by atoms with van der Waals surface area (Å²) in [5.74, 6) is -0.264. The first kappa shape index (κ1) is 16.8. The van der Waals surface area contributed by atoms with E-state index in [1.807, 2.05) is 20.8 Å². The number of aliphatic hydroxyl groups excluding tert-OH is 1. The minimum atomic E-state index is -0.696. The van der Waals surface area contributed by atoms with Crippen molar-refractivity contribution in [2.45, 2.75) is 71.2 Å². The first-order chi connectivity index (χ1) is 8.89. The van der Waals surface area contributed by atoms with Crippen molar-refractivity contribution in [3.8, 4) is 0 Å². The number of aliphatic hydroxyl groups is 1. The largest absolute Gasteiger partial charge is 0.444 e. The Labute approximate surface area is 120 Å². The zero-order valence-corrected chi connectivity index (χ0v) is 13.2. The van der Waals surface area contributed by atoms with Crippen LogP contribution in [0.15, 0.2) is 0 Å². The molecule has 20 heavy (non-hydrogen) atoms. The van der Waals surface area contributed by atoms with Gasteiger partial charge in [0.1, 0.15) is 11.6 Å². The highest BCUT2D eigenvalue weighted by Gasteiger charge is 2.41. The topological polar surface area (TPSA) is 78.9 Å². The monoisotopic (exact) mass is 286 g/mol. The first-order valence-corrected chi connectivity index (χ1v) is 6.89. The zero-order chi connectivity index (χ0) is 15.7. The van der Waals surface area contributed by atoms with E-state index in [1.54, 1.807) is 20.8 Å². The van der Waals surface area contributed by atoms with Crippen LogP contribution in [0.3, 0.4) is 0 Å². The number of hydrogen-bond donors (Lipinski definition) is 2. The number of ether oxygens (including phenoxy) is 1. The fourth-order valence-corrected chi connectivity index (χ4v) is 2.04. The van der Waals surface area contributed by atoms with Crippen LogP contribution >= 0.6 is 0 Å². The summed E-state index contributed by atoms with van der Waals surface area (Å²) in [5, 5.41) is 12.6. The molecule has 0 aromatic rings. The van der Waals surface area contributed by atoms with Gasteiger partial charge in [-0.3, -0.25) is 9.69 Å². The summed E-state index contributed by atoms with van der Waals surface area (Å²) >= 11 is 0. The summed E-state index contributed by atoms with van der Waals surface area (Å²) < 4.78 is 5.28. The van der Waals surface area contributed by atoms with E-state index in [1.165, 1.54) is 4.90 Å². The molecule has 0 aromatic heterocycles. The molecule has 1 rings (SSSR count). The second-order valence-electron chi connectivity index (χ2n) is 7.28. The Balaban J connectivity index is 2.78. The molecule has 0 spiro atoms. The summed E-state index contributed by atoms with van der Waals surface area (Å²) in [6, 6.07) is -0.681. The van der Waals surface area contributed by atoms with Crippen LogP contribution in [0.25, 0.3) is 0 Å². The highest BCUT2D eigenvalue weighted by atomic mass is 16.6. The van der Waals surface area contributed by atoms with Gasteiger partial charge in [0.15, 0.2) is 0 Å². The van der Waals surface area contributed by atoms with Gasteiger partial charge in [-0.05, 0) is 41.5 Å². The number of carbonyl (C=O) groups excluding carboxylic acids is 2. The second kappa shape index (κ2) is 5.60. The van der Waals surface area contributed by atoms with E-state index in [0.29, 0.717) is 0 Å². The molecule has 1 heterocycles. The van der Waals surface area contributed by atoms with Crippen LogP contribution in [0.5, 0.6) is 0 Å². The van der Waals surface area contributed by atoms with E-state index >= 15 is 0 Å². The van der Waals surface area contributed by atoms with Gasteiger partial charge in [-0.2, -0.15) is 0 Å². The third-order valence-corrected chi connectivity index (χ3v) is 2.71. The van der Waals surface area contributed by atoms with Gasteiger partial charge in [-0.1, -0.05) is 0 Å². The summed E-state index contributed by atoms with van der Waals surface area (Å²) in [6.45, 7) is 11.0. The molecule has 0 aromatic carbocycles. The lowest BCUT2D eigenvalue weighted by Crippen LogP contribution is -2.52. The van der Waals surface area contributed by atoms with Crippen LogP contribution in [0.1, 0.15) is 48.0 Å². The quantitative estimate of drug-likeness (QED) is 0.761. The van der Waals surface area contributed by atoms with Gasteiger partial charge in [-0.25, -0.2) is 4.79 Å². The molecule has 1 aliphatic rings. The molecule has 6 nitrogen and oxygen atoms in total. The lowest BCUT2D eigenvalue weighted by atomic mass is 10.1. The highest BCUT2D eigenvalue weighted by Crippen LogP contribution is 2.22. The third-order valence-electron chi connectivity index (χ3n) is 2.71. The number of nitrogens with one attached hydrogen (secondary N) is 1. The number of likely N-dealkylation sites (tertiary alicyclic amines) is 1. The van der Waals surface area contributed by atoms with Crippen molar-refractivity contribution in [2.75, 3.05) is 6.54 Å². The van der Waals surface area contributed by atoms with Gasteiger partial charge in [-0.15, -0.1) is 0 Å². The Kier molecular flexibility index (Phi) is 4.69. The van der Waals surface area contributed by atoms with E-state index in [-0.39, 0.29) is 24.4 Å². The number of carbonyl (C=O) groups is 2. The average Bonchev–Trinajstić information content (AvgIpc) is 2.55. The summed E-state index contributed by atoms with van der Waals surface area (Å²) in [6.07, 6.45) is -1.03. The molecule has 1 saturated heterocycles. The van der Waals surface area contributed by atoms with Crippen molar-refractivity contribution in [1.29, 1.82) is 0 Å². The van der Waals surface area contributed by atoms with Crippen molar-refractivity contribution in [2.24, 2.45) is 0 Å². The molecule has 0 saturated carbocycles. The Morgan fingerprint density at radius 3 is 2.20 bits per heavy atom. The SMILES string of the molecule is CC(C)(C)NC(=O)[C@@H]1CC(O)CN1C(=O)OC(C)(C)C. The second-order valence-corrected chi connectivity index (χ2v) is 7.28. The maximum atomic E-state index is 12.2. The normalized spacial score (nSPS) is 23.6. The number of β-amino-alcohol motifs (C(OH)–C–C–N with tert-alkyl or cyclic N) is 1. The molecule has 2 amide bonds. The predicted octanol–water partition coefficient (Wildman–Crippen LogP) is 1.27. The average molecular weight is 286 g/mol. The minimum absolute atomic E-state index is 0.122. The van der Waals surface area contributed by atoms with Crippen molar-refractivity contribution in [3.63, 3.8) is 0 Å². The summed E-state index contributed by atoms with van der Waals surface area (Å²) in [7, 11) is 0. The van der Waals surface area contributed by atoms with E-state index in [2.05, 4.69) is 5.32 Å². The van der Waals surface area contributed by atoms with Crippen molar-refractivity contribution < 1.29 is 19.4 Å². The molecular formula is C14H26N2O4. The van der Waals surface area contributed by atoms with Crippen molar-refractivity contribution in [1.82, 2.24) is 10.2 Å². The standard InChI is InChI=1S/C14H26N2O4/c1-13(2,3)15-11(18)10-7-9(17)8-16(10)12(19)20-14(4,5)6/h9-10,17H,7-8H2,1-6H3,(H,15,18)/t9?,10-/m0/s1. The molecule has 2 N–H and O–H groups in total. The molecular weight excluding hydrogens is 260 g/mol. The Hall–Kier alpha value is -1.30. The van der Waals surface area contributed by atoms with Crippen molar-refractivity contribution >= 4 is 12.0 Å². The van der Waals surface area contributed by atoms with Gasteiger partial charge < -0.3 is 15.2 Å². The Bertz CT molecular complexity index is 346. The van der Waals surface area contributed by atoms with Crippen molar-refractivity contribution in [3.05, 3.63) is 0 Å². The Morgan fingerprint density at radius 2 is 1.75 bits per heavy atom. The summed E-state index contributed by atoms with van der Waals surface area (Å²) in [5.41, 5.74) is -1.01. The van der Waals surface area contributed by atoms with E-state index in [0.717, 1.165) is 0 Å². The van der Waals surface area contributed by atoms with Gasteiger partial charge in [0.05, 0.1) is 12.6 Å². The van der Waals surface area contributed by atoms with Crippen LogP contribution in [-0.2, 0) is 9.53 Å². The predicted molar refractivity (Wildman–Crippen MR) is 75.2 cm³/mol. The lowest BCUT2D eigenvalue weighted by molar-refractivity contribution is -0.127. The number of nitrogens with zero attached hydrogens (tertiary/aromatic N) is 1. The highest BCUT2D eigenvalue weighted by molar-refractivity contribution is 5.86. The maximum absolute atomic E-state index is 12.2.